The molecule has 11 heteroatoms. The third-order valence-electron chi connectivity index (χ3n) is 4.28. The van der Waals surface area contributed by atoms with Crippen LogP contribution in [0.1, 0.15) is 18.9 Å². The van der Waals surface area contributed by atoms with Crippen molar-refractivity contribution >= 4 is 31.6 Å². The summed E-state index contributed by atoms with van der Waals surface area (Å²) in [6, 6.07) is 14.9. The first kappa shape index (κ1) is 22.5. The van der Waals surface area contributed by atoms with Crippen LogP contribution in [0, 0.1) is 0 Å². The van der Waals surface area contributed by atoms with Crippen LogP contribution in [0.25, 0.3) is 0 Å². The molecule has 0 aliphatic heterocycles. The minimum atomic E-state index is -3.93. The summed E-state index contributed by atoms with van der Waals surface area (Å²) in [7, 11) is -6.30. The van der Waals surface area contributed by atoms with Gasteiger partial charge in [0.05, 0.1) is 16.9 Å². The molecule has 1 heterocycles. The molecule has 1 aromatic heterocycles. The summed E-state index contributed by atoms with van der Waals surface area (Å²) in [4.78, 5) is 0.0702. The molecule has 9 nitrogen and oxygen atoms in total. The van der Waals surface area contributed by atoms with Crippen molar-refractivity contribution in [2.75, 3.05) is 16.6 Å². The minimum Gasteiger partial charge on any atom is -0.480 e. The fourth-order valence-corrected chi connectivity index (χ4v) is 4.78. The zero-order chi connectivity index (χ0) is 22.5. The van der Waals surface area contributed by atoms with E-state index in [2.05, 4.69) is 26.6 Å². The Morgan fingerprint density at radius 2 is 1.35 bits per heavy atom. The number of rotatable bonds is 9. The second-order valence-corrected chi connectivity index (χ2v) is 9.96. The van der Waals surface area contributed by atoms with Crippen molar-refractivity contribution in [1.29, 1.82) is 0 Å². The Hall–Kier alpha value is -3.18. The van der Waals surface area contributed by atoms with Gasteiger partial charge in [0.15, 0.2) is 5.82 Å². The molecule has 2 N–H and O–H groups in total. The summed E-state index contributed by atoms with van der Waals surface area (Å²) in [5.41, 5.74) is 1.30. The second kappa shape index (κ2) is 9.31. The maximum Gasteiger partial charge on any atom is 0.263 e. The number of hydrogen-bond donors (Lipinski definition) is 2. The molecule has 0 spiro atoms. The predicted octanol–water partition coefficient (Wildman–Crippen LogP) is 3.04. The number of methoxy groups -OCH3 is 1. The molecule has 0 saturated carbocycles. The molecule has 0 saturated heterocycles. The van der Waals surface area contributed by atoms with Crippen LogP contribution >= 0.6 is 0 Å². The predicted molar refractivity (Wildman–Crippen MR) is 117 cm³/mol. The molecule has 164 valence electrons. The Balaban J connectivity index is 1.72. The lowest BCUT2D eigenvalue weighted by atomic mass is 10.1. The highest BCUT2D eigenvalue weighted by atomic mass is 32.2. The molecule has 2 aromatic carbocycles. The first-order chi connectivity index (χ1) is 14.7. The van der Waals surface area contributed by atoms with Crippen molar-refractivity contribution in [3.8, 4) is 5.88 Å². The van der Waals surface area contributed by atoms with E-state index >= 15 is 0 Å². The quantitative estimate of drug-likeness (QED) is 0.500. The SMILES string of the molecule is CCCc1ccc(S(=O)(=O)Nc2ccc(S(=O)(=O)Nc3ccc(OC)nn3)cc2)cc1. The first-order valence-corrected chi connectivity index (χ1v) is 12.3. The highest BCUT2D eigenvalue weighted by Gasteiger charge is 2.17. The van der Waals surface area contributed by atoms with Gasteiger partial charge in [0.2, 0.25) is 5.88 Å². The van der Waals surface area contributed by atoms with E-state index in [1.807, 2.05) is 0 Å². The lowest BCUT2D eigenvalue weighted by Crippen LogP contribution is -2.15. The maximum absolute atomic E-state index is 12.6. The average molecular weight is 463 g/mol. The van der Waals surface area contributed by atoms with E-state index in [9.17, 15) is 16.8 Å². The van der Waals surface area contributed by atoms with Gasteiger partial charge >= 0.3 is 0 Å². The van der Waals surface area contributed by atoms with Crippen molar-refractivity contribution in [3.05, 3.63) is 66.2 Å². The van der Waals surface area contributed by atoms with Gasteiger partial charge in [-0.2, -0.15) is 0 Å². The smallest absolute Gasteiger partial charge is 0.263 e. The standard InChI is InChI=1S/C20H22N4O5S2/c1-3-4-15-5-9-17(10-6-15)30(25,26)23-16-7-11-18(12-8-16)31(27,28)24-19-13-14-20(29-2)22-21-19/h5-14,23H,3-4H2,1-2H3,(H,21,24). The zero-order valence-corrected chi connectivity index (χ0v) is 18.6. The van der Waals surface area contributed by atoms with Gasteiger partial charge in [0, 0.05) is 11.8 Å². The zero-order valence-electron chi connectivity index (χ0n) is 16.9. The van der Waals surface area contributed by atoms with Crippen molar-refractivity contribution < 1.29 is 21.6 Å². The number of ether oxygens (including phenoxy) is 1. The molecule has 0 atom stereocenters. The summed E-state index contributed by atoms with van der Waals surface area (Å²) in [5, 5.41) is 7.42. The van der Waals surface area contributed by atoms with Gasteiger partial charge in [-0.25, -0.2) is 16.8 Å². The fraction of sp³-hybridized carbons (Fsp3) is 0.200. The van der Waals surface area contributed by atoms with E-state index in [1.54, 1.807) is 24.3 Å². The molecule has 0 aliphatic carbocycles. The van der Waals surface area contributed by atoms with E-state index in [1.165, 1.54) is 43.5 Å². The number of nitrogens with zero attached hydrogens (tertiary/aromatic N) is 2. The second-order valence-electron chi connectivity index (χ2n) is 6.59. The number of aryl methyl sites for hydroxylation is 1. The molecule has 0 bridgehead atoms. The third kappa shape index (κ3) is 5.70. The van der Waals surface area contributed by atoms with Gasteiger partial charge in [0.25, 0.3) is 20.0 Å². The monoisotopic (exact) mass is 462 g/mol. The van der Waals surface area contributed by atoms with E-state index in [-0.39, 0.29) is 27.2 Å². The summed E-state index contributed by atoms with van der Waals surface area (Å²) in [6.07, 6.45) is 1.85. The normalized spacial score (nSPS) is 11.7. The lowest BCUT2D eigenvalue weighted by molar-refractivity contribution is 0.392. The van der Waals surface area contributed by atoms with Crippen LogP contribution in [0.3, 0.4) is 0 Å². The summed E-state index contributed by atoms with van der Waals surface area (Å²) in [5.74, 6) is 0.275. The molecule has 0 radical (unpaired) electrons. The van der Waals surface area contributed by atoms with Gasteiger partial charge in [0.1, 0.15) is 0 Å². The van der Waals surface area contributed by atoms with Crippen LogP contribution in [-0.4, -0.2) is 34.1 Å². The molecule has 0 fully saturated rings. The van der Waals surface area contributed by atoms with Crippen LogP contribution in [0.2, 0.25) is 0 Å². The van der Waals surface area contributed by atoms with Crippen LogP contribution < -0.4 is 14.2 Å². The van der Waals surface area contributed by atoms with Crippen molar-refractivity contribution in [2.24, 2.45) is 0 Å². The fourth-order valence-electron chi connectivity index (χ4n) is 2.72. The number of aromatic nitrogens is 2. The number of nitrogens with one attached hydrogen (secondary N) is 2. The van der Waals surface area contributed by atoms with Gasteiger partial charge in [-0.05, 0) is 54.4 Å². The molecular weight excluding hydrogens is 440 g/mol. The van der Waals surface area contributed by atoms with E-state index in [0.717, 1.165) is 18.4 Å². The largest absolute Gasteiger partial charge is 0.480 e. The highest BCUT2D eigenvalue weighted by molar-refractivity contribution is 7.93. The number of anilines is 2. The topological polar surface area (TPSA) is 127 Å². The van der Waals surface area contributed by atoms with E-state index in [4.69, 9.17) is 4.74 Å². The Morgan fingerprint density at radius 1 is 0.774 bits per heavy atom. The number of hydrogen-bond acceptors (Lipinski definition) is 7. The van der Waals surface area contributed by atoms with Crippen molar-refractivity contribution in [2.45, 2.75) is 29.6 Å². The summed E-state index contributed by atoms with van der Waals surface area (Å²) in [6.45, 7) is 2.05. The van der Waals surface area contributed by atoms with Crippen molar-refractivity contribution in [3.63, 3.8) is 0 Å². The van der Waals surface area contributed by atoms with Crippen molar-refractivity contribution in [1.82, 2.24) is 10.2 Å². The van der Waals surface area contributed by atoms with Gasteiger partial charge in [-0.15, -0.1) is 10.2 Å². The van der Waals surface area contributed by atoms with E-state index in [0.29, 0.717) is 0 Å². The molecular formula is C20H22N4O5S2. The average Bonchev–Trinajstić information content (AvgIpc) is 2.75. The molecule has 3 rings (SSSR count). The lowest BCUT2D eigenvalue weighted by Gasteiger charge is -2.10. The Morgan fingerprint density at radius 3 is 1.87 bits per heavy atom. The van der Waals surface area contributed by atoms with Crippen LogP contribution in [-0.2, 0) is 26.5 Å². The Kier molecular flexibility index (Phi) is 6.76. The summed E-state index contributed by atoms with van der Waals surface area (Å²) >= 11 is 0. The molecule has 31 heavy (non-hydrogen) atoms. The van der Waals surface area contributed by atoms with Gasteiger partial charge in [-0.3, -0.25) is 9.44 Å². The van der Waals surface area contributed by atoms with Crippen LogP contribution in [0.15, 0.2) is 70.5 Å². The number of benzene rings is 2. The molecule has 3 aromatic rings. The van der Waals surface area contributed by atoms with Crippen LogP contribution in [0.4, 0.5) is 11.5 Å². The van der Waals surface area contributed by atoms with Gasteiger partial charge in [-0.1, -0.05) is 25.5 Å². The highest BCUT2D eigenvalue weighted by Crippen LogP contribution is 2.21. The number of sulfonamides is 2. The molecule has 0 amide bonds. The third-order valence-corrected chi connectivity index (χ3v) is 7.05. The maximum atomic E-state index is 12.6. The van der Waals surface area contributed by atoms with Crippen LogP contribution in [0.5, 0.6) is 5.88 Å². The van der Waals surface area contributed by atoms with E-state index < -0.39 is 20.0 Å². The Labute approximate surface area is 181 Å². The Bertz CT molecular complexity index is 1230. The molecule has 0 unspecified atom stereocenters. The first-order valence-electron chi connectivity index (χ1n) is 9.36. The summed E-state index contributed by atoms with van der Waals surface area (Å²) < 4.78 is 59.8. The van der Waals surface area contributed by atoms with Gasteiger partial charge < -0.3 is 4.74 Å². The molecule has 0 aliphatic rings. The minimum absolute atomic E-state index is 0.0251.